The minimum atomic E-state index is 0. The van der Waals surface area contributed by atoms with E-state index in [0.29, 0.717) is 18.5 Å². The number of likely N-dealkylation sites (tertiary alicyclic amines) is 1. The fraction of sp³-hybridized carbons (Fsp3) is 0.938. The molecule has 1 amide bonds. The van der Waals surface area contributed by atoms with Gasteiger partial charge in [-0.1, -0.05) is 19.8 Å². The molecule has 1 saturated heterocycles. The number of amides is 1. The molecule has 5 heteroatoms. The standard InChI is InChI=1S/C16H31N3O.ClH/c1-13-5-3-4-6-15(13)18-16(20)12-19-9-7-14(8-10-19)11-17-2;/h13-15,17H,3-12H2,1-2H3,(H,18,20);1H. The highest BCUT2D eigenvalue weighted by atomic mass is 35.5. The van der Waals surface area contributed by atoms with Crippen molar-refractivity contribution in [3.05, 3.63) is 0 Å². The molecule has 0 radical (unpaired) electrons. The molecule has 4 nitrogen and oxygen atoms in total. The Kier molecular flexibility index (Phi) is 8.60. The number of hydrogen-bond acceptors (Lipinski definition) is 3. The molecule has 2 rings (SSSR count). The summed E-state index contributed by atoms with van der Waals surface area (Å²) < 4.78 is 0. The van der Waals surface area contributed by atoms with E-state index in [4.69, 9.17) is 0 Å². The lowest BCUT2D eigenvalue weighted by molar-refractivity contribution is -0.123. The average molecular weight is 318 g/mol. The van der Waals surface area contributed by atoms with Gasteiger partial charge in [-0.3, -0.25) is 9.69 Å². The Morgan fingerprint density at radius 3 is 2.43 bits per heavy atom. The first-order valence-corrected chi connectivity index (χ1v) is 8.35. The molecule has 21 heavy (non-hydrogen) atoms. The van der Waals surface area contributed by atoms with Crippen LogP contribution >= 0.6 is 12.4 Å². The number of halogens is 1. The maximum Gasteiger partial charge on any atom is 0.234 e. The number of rotatable bonds is 5. The molecule has 2 fully saturated rings. The maximum absolute atomic E-state index is 12.2. The van der Waals surface area contributed by atoms with E-state index in [9.17, 15) is 4.79 Å². The number of hydrogen-bond donors (Lipinski definition) is 2. The van der Waals surface area contributed by atoms with Crippen LogP contribution in [0, 0.1) is 11.8 Å². The third kappa shape index (κ3) is 6.13. The van der Waals surface area contributed by atoms with Crippen LogP contribution in [-0.4, -0.2) is 50.1 Å². The van der Waals surface area contributed by atoms with Crippen molar-refractivity contribution in [1.82, 2.24) is 15.5 Å². The molecule has 0 aromatic rings. The van der Waals surface area contributed by atoms with Crippen molar-refractivity contribution in [3.63, 3.8) is 0 Å². The third-order valence-corrected chi connectivity index (χ3v) is 5.03. The number of carbonyl (C=O) groups excluding carboxylic acids is 1. The van der Waals surface area contributed by atoms with Gasteiger partial charge < -0.3 is 10.6 Å². The molecule has 1 aliphatic carbocycles. The number of nitrogens with one attached hydrogen (secondary N) is 2. The second-order valence-electron chi connectivity index (χ2n) is 6.71. The first kappa shape index (κ1) is 18.7. The summed E-state index contributed by atoms with van der Waals surface area (Å²) in [6.07, 6.45) is 7.45. The maximum atomic E-state index is 12.2. The molecule has 2 N–H and O–H groups in total. The summed E-state index contributed by atoms with van der Waals surface area (Å²) in [7, 11) is 2.02. The van der Waals surface area contributed by atoms with Crippen LogP contribution in [0.5, 0.6) is 0 Å². The molecule has 0 bridgehead atoms. The Morgan fingerprint density at radius 1 is 1.14 bits per heavy atom. The van der Waals surface area contributed by atoms with Crippen molar-refractivity contribution >= 4 is 18.3 Å². The van der Waals surface area contributed by atoms with Crippen molar-refractivity contribution in [2.75, 3.05) is 33.2 Å². The number of piperidine rings is 1. The Labute approximate surface area is 135 Å². The molecule has 2 aliphatic rings. The molecular formula is C16H32ClN3O. The van der Waals surface area contributed by atoms with Gasteiger partial charge in [0.15, 0.2) is 0 Å². The molecule has 0 spiro atoms. The molecular weight excluding hydrogens is 286 g/mol. The normalized spacial score (nSPS) is 27.9. The zero-order valence-electron chi connectivity index (χ0n) is 13.6. The van der Waals surface area contributed by atoms with Gasteiger partial charge in [0.25, 0.3) is 0 Å². The summed E-state index contributed by atoms with van der Waals surface area (Å²) in [4.78, 5) is 14.5. The van der Waals surface area contributed by atoms with Crippen molar-refractivity contribution in [2.45, 2.75) is 51.5 Å². The predicted octanol–water partition coefficient (Wildman–Crippen LogP) is 2.03. The van der Waals surface area contributed by atoms with Crippen LogP contribution in [0.3, 0.4) is 0 Å². The van der Waals surface area contributed by atoms with E-state index in [1.165, 1.54) is 32.1 Å². The SMILES string of the molecule is CNCC1CCN(CC(=O)NC2CCCCC2C)CC1.Cl. The summed E-state index contributed by atoms with van der Waals surface area (Å²) >= 11 is 0. The van der Waals surface area contributed by atoms with E-state index < -0.39 is 0 Å². The van der Waals surface area contributed by atoms with Crippen molar-refractivity contribution in [1.29, 1.82) is 0 Å². The smallest absolute Gasteiger partial charge is 0.234 e. The Balaban J connectivity index is 0.00000220. The van der Waals surface area contributed by atoms with Gasteiger partial charge in [0.2, 0.25) is 5.91 Å². The first-order chi connectivity index (χ1) is 9.69. The van der Waals surface area contributed by atoms with Gasteiger partial charge in [0.1, 0.15) is 0 Å². The van der Waals surface area contributed by atoms with Crippen LogP contribution in [-0.2, 0) is 4.79 Å². The zero-order valence-corrected chi connectivity index (χ0v) is 14.4. The quantitative estimate of drug-likeness (QED) is 0.815. The van der Waals surface area contributed by atoms with E-state index in [-0.39, 0.29) is 18.3 Å². The van der Waals surface area contributed by atoms with E-state index in [0.717, 1.165) is 32.0 Å². The second kappa shape index (κ2) is 9.65. The summed E-state index contributed by atoms with van der Waals surface area (Å²) in [6.45, 7) is 6.11. The highest BCUT2D eigenvalue weighted by Gasteiger charge is 2.25. The van der Waals surface area contributed by atoms with Gasteiger partial charge in [0, 0.05) is 6.04 Å². The molecule has 1 saturated carbocycles. The van der Waals surface area contributed by atoms with Gasteiger partial charge in [-0.15, -0.1) is 12.4 Å². The average Bonchev–Trinajstić information content (AvgIpc) is 2.44. The number of carbonyl (C=O) groups is 1. The fourth-order valence-corrected chi connectivity index (χ4v) is 3.62. The van der Waals surface area contributed by atoms with Gasteiger partial charge in [-0.05, 0) is 64.2 Å². The van der Waals surface area contributed by atoms with Gasteiger partial charge in [-0.2, -0.15) is 0 Å². The zero-order chi connectivity index (χ0) is 14.4. The van der Waals surface area contributed by atoms with Crippen LogP contribution in [0.15, 0.2) is 0 Å². The van der Waals surface area contributed by atoms with Gasteiger partial charge in [0.05, 0.1) is 6.54 Å². The first-order valence-electron chi connectivity index (χ1n) is 8.35. The van der Waals surface area contributed by atoms with Gasteiger partial charge in [-0.25, -0.2) is 0 Å². The van der Waals surface area contributed by atoms with Crippen LogP contribution in [0.1, 0.15) is 45.4 Å². The van der Waals surface area contributed by atoms with Crippen molar-refractivity contribution in [2.24, 2.45) is 11.8 Å². The van der Waals surface area contributed by atoms with E-state index in [2.05, 4.69) is 22.5 Å². The van der Waals surface area contributed by atoms with Crippen molar-refractivity contribution < 1.29 is 4.79 Å². The van der Waals surface area contributed by atoms with E-state index >= 15 is 0 Å². The van der Waals surface area contributed by atoms with Crippen LogP contribution < -0.4 is 10.6 Å². The predicted molar refractivity (Wildman–Crippen MR) is 89.9 cm³/mol. The Bertz CT molecular complexity index is 306. The largest absolute Gasteiger partial charge is 0.352 e. The Morgan fingerprint density at radius 2 is 1.81 bits per heavy atom. The molecule has 2 atom stereocenters. The molecule has 1 heterocycles. The molecule has 0 aromatic carbocycles. The topological polar surface area (TPSA) is 44.4 Å². The highest BCUT2D eigenvalue weighted by Crippen LogP contribution is 2.23. The van der Waals surface area contributed by atoms with Crippen LogP contribution in [0.4, 0.5) is 0 Å². The molecule has 2 unspecified atom stereocenters. The molecule has 124 valence electrons. The van der Waals surface area contributed by atoms with Crippen LogP contribution in [0.2, 0.25) is 0 Å². The van der Waals surface area contributed by atoms with E-state index in [1.54, 1.807) is 0 Å². The minimum absolute atomic E-state index is 0. The fourth-order valence-electron chi connectivity index (χ4n) is 3.62. The van der Waals surface area contributed by atoms with Gasteiger partial charge >= 0.3 is 0 Å². The molecule has 1 aliphatic heterocycles. The van der Waals surface area contributed by atoms with E-state index in [1.807, 2.05) is 7.05 Å². The highest BCUT2D eigenvalue weighted by molar-refractivity contribution is 5.85. The van der Waals surface area contributed by atoms with Crippen LogP contribution in [0.25, 0.3) is 0 Å². The summed E-state index contributed by atoms with van der Waals surface area (Å²) in [5, 5.41) is 6.51. The lowest BCUT2D eigenvalue weighted by Gasteiger charge is -2.33. The van der Waals surface area contributed by atoms with Crippen molar-refractivity contribution in [3.8, 4) is 0 Å². The Hall–Kier alpha value is -0.320. The lowest BCUT2D eigenvalue weighted by atomic mass is 9.86. The number of nitrogens with zero attached hydrogens (tertiary/aromatic N) is 1. The molecule has 0 aromatic heterocycles. The monoisotopic (exact) mass is 317 g/mol. The summed E-state index contributed by atoms with van der Waals surface area (Å²) in [5.41, 5.74) is 0. The summed E-state index contributed by atoms with van der Waals surface area (Å²) in [5.74, 6) is 1.67. The third-order valence-electron chi connectivity index (χ3n) is 5.03. The lowest BCUT2D eigenvalue weighted by Crippen LogP contribution is -2.47. The summed E-state index contributed by atoms with van der Waals surface area (Å²) in [6, 6.07) is 0.415. The second-order valence-corrected chi connectivity index (χ2v) is 6.71. The minimum Gasteiger partial charge on any atom is -0.352 e.